The number of hydrogen-bond acceptors (Lipinski definition) is 2. The zero-order valence-electron chi connectivity index (χ0n) is 36.2. The fraction of sp³-hybridized carbons (Fsp3) is 0.0656. The Bertz CT molecular complexity index is 2770. The summed E-state index contributed by atoms with van der Waals surface area (Å²) < 4.78 is 0. The normalized spacial score (nSPS) is 12.6. The van der Waals surface area contributed by atoms with Crippen LogP contribution in [0.15, 0.2) is 259 Å². The van der Waals surface area contributed by atoms with Gasteiger partial charge in [0.2, 0.25) is 0 Å². The van der Waals surface area contributed by atoms with Crippen LogP contribution in [0.1, 0.15) is 37.8 Å². The van der Waals surface area contributed by atoms with Gasteiger partial charge in [0, 0.05) is 29.2 Å². The molecule has 0 saturated carbocycles. The van der Waals surface area contributed by atoms with E-state index in [1.807, 2.05) is 19.1 Å². The summed E-state index contributed by atoms with van der Waals surface area (Å²) in [6.07, 6.45) is 11.7. The SMILES string of the molecule is C\C=C/C(=C\C=N)C(/C)=C\C=C(/C)C(c1ccc(-c2ccccc2)cc1)c1ccc(-c2ccc(N(c3ccc(-c4ccccc4)cc3)c3ccc(-c4ccccc4)cc3)cc2)cc1. The van der Waals surface area contributed by atoms with Crippen LogP contribution in [0.4, 0.5) is 17.1 Å². The van der Waals surface area contributed by atoms with Gasteiger partial charge in [-0.1, -0.05) is 206 Å². The molecular weight excluding hydrogens is 761 g/mol. The molecule has 8 aromatic carbocycles. The molecule has 0 fully saturated rings. The number of anilines is 3. The van der Waals surface area contributed by atoms with E-state index in [2.05, 4.69) is 249 Å². The van der Waals surface area contributed by atoms with Gasteiger partial charge in [0.15, 0.2) is 0 Å². The van der Waals surface area contributed by atoms with E-state index in [4.69, 9.17) is 5.41 Å². The van der Waals surface area contributed by atoms with Crippen LogP contribution < -0.4 is 4.90 Å². The van der Waals surface area contributed by atoms with Gasteiger partial charge >= 0.3 is 0 Å². The molecule has 2 nitrogen and oxygen atoms in total. The van der Waals surface area contributed by atoms with Crippen LogP contribution in [0.3, 0.4) is 0 Å². The van der Waals surface area contributed by atoms with Gasteiger partial charge in [-0.25, -0.2) is 0 Å². The zero-order valence-corrected chi connectivity index (χ0v) is 36.2. The molecule has 0 aliphatic rings. The van der Waals surface area contributed by atoms with E-state index < -0.39 is 0 Å². The molecule has 0 aliphatic carbocycles. The minimum atomic E-state index is 0.0577. The Labute approximate surface area is 373 Å². The van der Waals surface area contributed by atoms with Crippen LogP contribution >= 0.6 is 0 Å². The van der Waals surface area contributed by atoms with Crippen molar-refractivity contribution in [2.24, 2.45) is 0 Å². The van der Waals surface area contributed by atoms with Crippen molar-refractivity contribution in [1.82, 2.24) is 0 Å². The Morgan fingerprint density at radius 2 is 0.714 bits per heavy atom. The lowest BCUT2D eigenvalue weighted by molar-refractivity contribution is 0.946. The second-order valence-corrected chi connectivity index (χ2v) is 15.8. The van der Waals surface area contributed by atoms with Crippen molar-refractivity contribution in [2.45, 2.75) is 26.7 Å². The number of benzene rings is 8. The summed E-state index contributed by atoms with van der Waals surface area (Å²) in [4.78, 5) is 2.33. The summed E-state index contributed by atoms with van der Waals surface area (Å²) in [6.45, 7) is 6.33. The molecule has 63 heavy (non-hydrogen) atoms. The fourth-order valence-corrected chi connectivity index (χ4v) is 8.24. The molecular formula is C61H52N2. The van der Waals surface area contributed by atoms with Crippen LogP contribution in [-0.4, -0.2) is 6.21 Å². The Kier molecular flexibility index (Phi) is 13.4. The van der Waals surface area contributed by atoms with E-state index in [0.717, 1.165) is 33.8 Å². The smallest absolute Gasteiger partial charge is 0.0462 e. The molecule has 8 aromatic rings. The second kappa shape index (κ2) is 20.2. The van der Waals surface area contributed by atoms with Gasteiger partial charge in [0.25, 0.3) is 0 Å². The summed E-state index contributed by atoms with van der Waals surface area (Å²) in [5.41, 5.74) is 18.7. The first-order valence-corrected chi connectivity index (χ1v) is 21.6. The molecule has 2 heteroatoms. The monoisotopic (exact) mass is 812 g/mol. The summed E-state index contributed by atoms with van der Waals surface area (Å²) in [6, 6.07) is 76.3. The van der Waals surface area contributed by atoms with Crippen LogP contribution in [0.25, 0.3) is 44.5 Å². The van der Waals surface area contributed by atoms with Crippen molar-refractivity contribution in [3.05, 3.63) is 271 Å². The maximum Gasteiger partial charge on any atom is 0.0462 e. The first-order valence-electron chi connectivity index (χ1n) is 21.6. The van der Waals surface area contributed by atoms with Gasteiger partial charge in [-0.3, -0.25) is 0 Å². The third kappa shape index (κ3) is 10.0. The molecule has 306 valence electrons. The van der Waals surface area contributed by atoms with Crippen LogP contribution in [0, 0.1) is 5.41 Å². The molecule has 0 radical (unpaired) electrons. The Morgan fingerprint density at radius 1 is 0.397 bits per heavy atom. The van der Waals surface area contributed by atoms with Crippen molar-refractivity contribution >= 4 is 23.3 Å². The Balaban J connectivity index is 1.10. The Morgan fingerprint density at radius 3 is 1.03 bits per heavy atom. The molecule has 0 bridgehead atoms. The van der Waals surface area contributed by atoms with Gasteiger partial charge in [0.1, 0.15) is 0 Å². The maximum atomic E-state index is 7.66. The van der Waals surface area contributed by atoms with Gasteiger partial charge in [-0.2, -0.15) is 0 Å². The van der Waals surface area contributed by atoms with Gasteiger partial charge in [0.05, 0.1) is 0 Å². The largest absolute Gasteiger partial charge is 0.311 e. The first-order chi connectivity index (χ1) is 31.0. The lowest BCUT2D eigenvalue weighted by Crippen LogP contribution is -2.09. The topological polar surface area (TPSA) is 27.1 Å². The second-order valence-electron chi connectivity index (χ2n) is 15.8. The third-order valence-electron chi connectivity index (χ3n) is 11.6. The van der Waals surface area contributed by atoms with E-state index in [-0.39, 0.29) is 5.92 Å². The lowest BCUT2D eigenvalue weighted by Gasteiger charge is -2.26. The third-order valence-corrected chi connectivity index (χ3v) is 11.6. The highest BCUT2D eigenvalue weighted by Gasteiger charge is 2.18. The van der Waals surface area contributed by atoms with Crippen molar-refractivity contribution < 1.29 is 0 Å². The highest BCUT2D eigenvalue weighted by Crippen LogP contribution is 2.39. The Hall–Kier alpha value is -7.81. The molecule has 0 spiro atoms. The highest BCUT2D eigenvalue weighted by atomic mass is 15.1. The van der Waals surface area contributed by atoms with Crippen molar-refractivity contribution in [3.8, 4) is 44.5 Å². The van der Waals surface area contributed by atoms with E-state index in [1.54, 1.807) is 0 Å². The number of rotatable bonds is 14. The molecule has 0 heterocycles. The summed E-state index contributed by atoms with van der Waals surface area (Å²) in [5, 5.41) is 7.66. The summed E-state index contributed by atoms with van der Waals surface area (Å²) in [7, 11) is 0. The molecule has 8 rings (SSSR count). The number of nitrogens with one attached hydrogen (secondary N) is 1. The van der Waals surface area contributed by atoms with Crippen molar-refractivity contribution in [3.63, 3.8) is 0 Å². The molecule has 0 aliphatic heterocycles. The quantitative estimate of drug-likeness (QED) is 0.0859. The molecule has 0 saturated heterocycles. The standard InChI is InChI=1S/C61H52N2/c1-4-14-47(43-44-62)45(2)21-22-46(3)61(56-27-23-51(24-28-56)48-15-8-5-9-16-48)57-29-25-52(26-30-57)55-35-41-60(42-36-55)63(58-37-31-53(32-38-58)49-17-10-6-11-18-49)59-39-33-54(34-40-59)50-19-12-7-13-20-50/h4-44,61-62H,1-3H3/b14-4-,45-21-,46-22+,47-43+,62-44?. The van der Waals surface area contributed by atoms with Crippen molar-refractivity contribution in [2.75, 3.05) is 4.90 Å². The van der Waals surface area contributed by atoms with Crippen LogP contribution in [0.5, 0.6) is 0 Å². The lowest BCUT2D eigenvalue weighted by atomic mass is 9.84. The van der Waals surface area contributed by atoms with Crippen LogP contribution in [-0.2, 0) is 0 Å². The highest BCUT2D eigenvalue weighted by molar-refractivity contribution is 5.81. The summed E-state index contributed by atoms with van der Waals surface area (Å²) >= 11 is 0. The molecule has 0 amide bonds. The predicted octanol–water partition coefficient (Wildman–Crippen LogP) is 17.0. The number of nitrogens with zero attached hydrogens (tertiary/aromatic N) is 1. The van der Waals surface area contributed by atoms with Gasteiger partial charge in [-0.05, 0) is 130 Å². The average Bonchev–Trinajstić information content (AvgIpc) is 3.35. The first kappa shape index (κ1) is 41.9. The van der Waals surface area contributed by atoms with E-state index in [9.17, 15) is 0 Å². The molecule has 1 N–H and O–H groups in total. The molecule has 0 aromatic heterocycles. The van der Waals surface area contributed by atoms with E-state index in [0.29, 0.717) is 0 Å². The predicted molar refractivity (Wildman–Crippen MR) is 270 cm³/mol. The average molecular weight is 813 g/mol. The van der Waals surface area contributed by atoms with Gasteiger partial charge < -0.3 is 10.3 Å². The number of hydrogen-bond donors (Lipinski definition) is 1. The van der Waals surface area contributed by atoms with Crippen molar-refractivity contribution in [1.29, 1.82) is 5.41 Å². The minimum absolute atomic E-state index is 0.0577. The number of allylic oxidation sites excluding steroid dienone is 8. The molecule has 1 unspecified atom stereocenters. The van der Waals surface area contributed by atoms with Crippen LogP contribution in [0.2, 0.25) is 0 Å². The van der Waals surface area contributed by atoms with Gasteiger partial charge in [-0.15, -0.1) is 0 Å². The fourth-order valence-electron chi connectivity index (χ4n) is 8.24. The van der Waals surface area contributed by atoms with E-state index >= 15 is 0 Å². The zero-order chi connectivity index (χ0) is 43.4. The maximum absolute atomic E-state index is 7.66. The molecule has 1 atom stereocenters. The van der Waals surface area contributed by atoms with E-state index in [1.165, 1.54) is 61.9 Å². The minimum Gasteiger partial charge on any atom is -0.311 e. The summed E-state index contributed by atoms with van der Waals surface area (Å²) in [5.74, 6) is 0.0577.